The number of carbonyl (C=O) groups is 1. The van der Waals surface area contributed by atoms with E-state index in [0.29, 0.717) is 35.3 Å². The van der Waals surface area contributed by atoms with Crippen LogP contribution in [0.25, 0.3) is 0 Å². The highest BCUT2D eigenvalue weighted by Gasteiger charge is 2.24. The van der Waals surface area contributed by atoms with Gasteiger partial charge >= 0.3 is 5.97 Å². The maximum absolute atomic E-state index is 11.5. The Morgan fingerprint density at radius 3 is 2.19 bits per heavy atom. The van der Waals surface area contributed by atoms with E-state index < -0.39 is 5.97 Å². The summed E-state index contributed by atoms with van der Waals surface area (Å²) < 4.78 is 16.9. The molecule has 0 spiro atoms. The third-order valence-corrected chi connectivity index (χ3v) is 5.93. The predicted molar refractivity (Wildman–Crippen MR) is 136 cm³/mol. The maximum atomic E-state index is 11.5. The first kappa shape index (κ1) is 24.7. The molecule has 0 aliphatic heterocycles. The molecule has 4 aromatic rings. The van der Waals surface area contributed by atoms with Gasteiger partial charge in [-0.2, -0.15) is 0 Å². The van der Waals surface area contributed by atoms with E-state index in [0.717, 1.165) is 22.3 Å². The van der Waals surface area contributed by atoms with Crippen molar-refractivity contribution in [1.82, 2.24) is 5.16 Å². The average molecular weight is 485 g/mol. The molecule has 0 aliphatic rings. The normalized spacial score (nSPS) is 11.6. The van der Waals surface area contributed by atoms with Gasteiger partial charge in [-0.25, -0.2) is 0 Å². The van der Waals surface area contributed by atoms with Crippen LogP contribution in [0.2, 0.25) is 0 Å². The Kier molecular flexibility index (Phi) is 7.80. The average Bonchev–Trinajstić information content (AvgIpc) is 3.23. The second-order valence-corrected chi connectivity index (χ2v) is 8.52. The van der Waals surface area contributed by atoms with E-state index in [1.165, 1.54) is 0 Å². The molecule has 0 amide bonds. The molecule has 184 valence electrons. The van der Waals surface area contributed by atoms with Crippen molar-refractivity contribution < 1.29 is 23.9 Å². The molecular weight excluding hydrogens is 456 g/mol. The van der Waals surface area contributed by atoms with E-state index >= 15 is 0 Å². The number of carboxylic acids is 1. The molecule has 1 atom stereocenters. The predicted octanol–water partition coefficient (Wildman–Crippen LogP) is 5.92. The van der Waals surface area contributed by atoms with Crippen molar-refractivity contribution in [2.75, 3.05) is 6.61 Å². The molecule has 7 nitrogen and oxygen atoms in total. The second-order valence-electron chi connectivity index (χ2n) is 8.52. The van der Waals surface area contributed by atoms with Crippen LogP contribution in [-0.4, -0.2) is 28.6 Å². The van der Waals surface area contributed by atoms with E-state index in [9.17, 15) is 9.90 Å². The lowest BCUT2D eigenvalue weighted by atomic mass is 9.87. The minimum Gasteiger partial charge on any atom is -0.489 e. The summed E-state index contributed by atoms with van der Waals surface area (Å²) in [6.07, 6.45) is -0.0532. The van der Waals surface area contributed by atoms with Gasteiger partial charge in [-0.1, -0.05) is 59.8 Å². The summed E-state index contributed by atoms with van der Waals surface area (Å²) in [5.41, 5.74) is 4.61. The van der Waals surface area contributed by atoms with Crippen molar-refractivity contribution in [1.29, 1.82) is 5.41 Å². The van der Waals surface area contributed by atoms with Crippen LogP contribution in [0.1, 0.15) is 46.0 Å². The van der Waals surface area contributed by atoms with Crippen LogP contribution in [0.3, 0.4) is 0 Å². The quantitative estimate of drug-likeness (QED) is 0.256. The maximum Gasteiger partial charge on any atom is 0.304 e. The Morgan fingerprint density at radius 2 is 1.58 bits per heavy atom. The fourth-order valence-corrected chi connectivity index (χ4v) is 4.07. The molecule has 0 fully saturated rings. The zero-order valence-corrected chi connectivity index (χ0v) is 20.2. The van der Waals surface area contributed by atoms with Crippen molar-refractivity contribution in [2.45, 2.75) is 32.8 Å². The molecule has 0 saturated heterocycles. The molecule has 7 heteroatoms. The van der Waals surface area contributed by atoms with Crippen LogP contribution in [0.15, 0.2) is 83.4 Å². The number of ether oxygens (including phenoxy) is 2. The number of hydrogen-bond donors (Lipinski definition) is 2. The largest absolute Gasteiger partial charge is 0.489 e. The standard InChI is InChI=1S/C29H28N2O5/c1-19-29(20(2)36-31-19)26(16-28(32)33)22-10-14-25(15-11-22)34-17-21-8-12-24(13-9-21)35-18-27(30)23-6-4-3-5-7-23/h3-15,26,30H,16-18H2,1-2H3,(H,32,33). The third-order valence-electron chi connectivity index (χ3n) is 5.93. The van der Waals surface area contributed by atoms with Gasteiger partial charge in [0.05, 0.1) is 17.8 Å². The van der Waals surface area contributed by atoms with Crippen molar-refractivity contribution in [2.24, 2.45) is 0 Å². The van der Waals surface area contributed by atoms with E-state index in [2.05, 4.69) is 5.16 Å². The molecular formula is C29H28N2O5. The van der Waals surface area contributed by atoms with Gasteiger partial charge in [0.15, 0.2) is 0 Å². The fraction of sp³-hybridized carbons (Fsp3) is 0.207. The number of hydrogen-bond acceptors (Lipinski definition) is 6. The highest BCUT2D eigenvalue weighted by molar-refractivity contribution is 5.99. The summed E-state index contributed by atoms with van der Waals surface area (Å²) >= 11 is 0. The molecule has 1 aromatic heterocycles. The number of nitrogens with zero attached hydrogens (tertiary/aromatic N) is 1. The number of carboxylic acid groups (broad SMARTS) is 1. The van der Waals surface area contributed by atoms with Gasteiger partial charge in [0.1, 0.15) is 30.5 Å². The lowest BCUT2D eigenvalue weighted by molar-refractivity contribution is -0.137. The molecule has 0 aliphatic carbocycles. The number of aryl methyl sites for hydroxylation is 2. The highest BCUT2D eigenvalue weighted by atomic mass is 16.5. The minimum atomic E-state index is -0.885. The zero-order chi connectivity index (χ0) is 25.5. The number of nitrogens with one attached hydrogen (secondary N) is 1. The van der Waals surface area contributed by atoms with Crippen molar-refractivity contribution in [3.63, 3.8) is 0 Å². The number of benzene rings is 3. The van der Waals surface area contributed by atoms with E-state index in [-0.39, 0.29) is 18.9 Å². The fourth-order valence-electron chi connectivity index (χ4n) is 4.07. The van der Waals surface area contributed by atoms with Gasteiger partial charge in [0.2, 0.25) is 0 Å². The molecule has 0 saturated carbocycles. The molecule has 1 heterocycles. The first-order chi connectivity index (χ1) is 17.4. The molecule has 1 unspecified atom stereocenters. The Hall–Kier alpha value is -4.39. The van der Waals surface area contributed by atoms with Crippen molar-refractivity contribution >= 4 is 11.7 Å². The number of aliphatic carboxylic acids is 1. The van der Waals surface area contributed by atoms with E-state index in [1.54, 1.807) is 6.92 Å². The minimum absolute atomic E-state index is 0.0532. The molecule has 0 radical (unpaired) electrons. The van der Waals surface area contributed by atoms with Gasteiger partial charge in [0, 0.05) is 11.5 Å². The highest BCUT2D eigenvalue weighted by Crippen LogP contribution is 2.33. The monoisotopic (exact) mass is 484 g/mol. The number of rotatable bonds is 11. The Morgan fingerprint density at radius 1 is 0.944 bits per heavy atom. The van der Waals surface area contributed by atoms with Crippen LogP contribution in [0, 0.1) is 19.3 Å². The molecule has 36 heavy (non-hydrogen) atoms. The van der Waals surface area contributed by atoms with Crippen molar-refractivity contribution in [3.05, 3.63) is 113 Å². The zero-order valence-electron chi connectivity index (χ0n) is 20.2. The first-order valence-electron chi connectivity index (χ1n) is 11.6. The van der Waals surface area contributed by atoms with Crippen LogP contribution in [0.5, 0.6) is 11.5 Å². The summed E-state index contributed by atoms with van der Waals surface area (Å²) in [4.78, 5) is 11.5. The van der Waals surface area contributed by atoms with E-state index in [4.69, 9.17) is 19.4 Å². The smallest absolute Gasteiger partial charge is 0.304 e. The second kappa shape index (κ2) is 11.4. The summed E-state index contributed by atoms with van der Waals surface area (Å²) in [5, 5.41) is 21.5. The third kappa shape index (κ3) is 6.18. The molecule has 0 bridgehead atoms. The van der Waals surface area contributed by atoms with Gasteiger partial charge in [0.25, 0.3) is 0 Å². The molecule has 3 aromatic carbocycles. The Bertz CT molecular complexity index is 1290. The number of aromatic nitrogens is 1. The van der Waals surface area contributed by atoms with Crippen LogP contribution in [0.4, 0.5) is 0 Å². The van der Waals surface area contributed by atoms with Crippen LogP contribution >= 0.6 is 0 Å². The SMILES string of the molecule is Cc1noc(C)c1C(CC(=O)O)c1ccc(OCc2ccc(OCC(=N)c3ccccc3)cc2)cc1. The Labute approximate surface area is 209 Å². The van der Waals surface area contributed by atoms with Crippen LogP contribution < -0.4 is 9.47 Å². The van der Waals surface area contributed by atoms with Gasteiger partial charge in [-0.3, -0.25) is 4.79 Å². The lowest BCUT2D eigenvalue weighted by Gasteiger charge is -2.16. The molecule has 4 rings (SSSR count). The lowest BCUT2D eigenvalue weighted by Crippen LogP contribution is -2.11. The summed E-state index contributed by atoms with van der Waals surface area (Å²) in [6, 6.07) is 24.5. The first-order valence-corrected chi connectivity index (χ1v) is 11.6. The summed E-state index contributed by atoms with van der Waals surface area (Å²) in [7, 11) is 0. The topological polar surface area (TPSA) is 106 Å². The van der Waals surface area contributed by atoms with Gasteiger partial charge in [-0.15, -0.1) is 0 Å². The Balaban J connectivity index is 1.34. The van der Waals surface area contributed by atoms with E-state index in [1.807, 2.05) is 85.8 Å². The summed E-state index contributed by atoms with van der Waals surface area (Å²) in [6.45, 7) is 4.19. The van der Waals surface area contributed by atoms with Crippen LogP contribution in [-0.2, 0) is 11.4 Å². The van der Waals surface area contributed by atoms with Crippen molar-refractivity contribution in [3.8, 4) is 11.5 Å². The molecule has 2 N–H and O–H groups in total. The summed E-state index contributed by atoms with van der Waals surface area (Å²) in [5.74, 6) is 0.766. The van der Waals surface area contributed by atoms with Gasteiger partial charge in [-0.05, 0) is 54.8 Å². The van der Waals surface area contributed by atoms with Gasteiger partial charge < -0.3 is 24.5 Å².